The van der Waals surface area contributed by atoms with Gasteiger partial charge in [0.25, 0.3) is 0 Å². The maximum absolute atomic E-state index is 5.27. The Morgan fingerprint density at radius 1 is 1.11 bits per heavy atom. The van der Waals surface area contributed by atoms with Crippen LogP contribution in [0.3, 0.4) is 0 Å². The zero-order valence-electron chi connectivity index (χ0n) is 11.1. The monoisotopic (exact) mass is 243 g/mol. The van der Waals surface area contributed by atoms with E-state index in [1.54, 1.807) is 13.3 Å². The fraction of sp³-hybridized carbons (Fsp3) is 0.286. The van der Waals surface area contributed by atoms with E-state index in [9.17, 15) is 0 Å². The first-order valence-corrected chi connectivity index (χ1v) is 5.77. The summed E-state index contributed by atoms with van der Waals surface area (Å²) in [6.45, 7) is 1.90. The molecule has 0 bridgehead atoms. The van der Waals surface area contributed by atoms with Crippen molar-refractivity contribution in [1.29, 1.82) is 0 Å². The quantitative estimate of drug-likeness (QED) is 0.830. The number of anilines is 1. The molecule has 0 unspecified atom stereocenters. The van der Waals surface area contributed by atoms with E-state index in [-0.39, 0.29) is 0 Å². The van der Waals surface area contributed by atoms with Crippen LogP contribution in [0, 0.1) is 6.92 Å². The minimum Gasteiger partial charge on any atom is -0.479 e. The molecule has 0 atom stereocenters. The van der Waals surface area contributed by atoms with Crippen molar-refractivity contribution in [3.63, 3.8) is 0 Å². The van der Waals surface area contributed by atoms with E-state index in [0.717, 1.165) is 22.6 Å². The highest BCUT2D eigenvalue weighted by Gasteiger charge is 2.09. The number of aromatic nitrogens is 2. The van der Waals surface area contributed by atoms with Crippen molar-refractivity contribution in [3.05, 3.63) is 36.2 Å². The molecule has 4 heteroatoms. The van der Waals surface area contributed by atoms with Gasteiger partial charge in [-0.1, -0.05) is 12.1 Å². The molecule has 4 nitrogen and oxygen atoms in total. The van der Waals surface area contributed by atoms with Crippen molar-refractivity contribution < 1.29 is 4.74 Å². The molecule has 0 aliphatic carbocycles. The fourth-order valence-electron chi connectivity index (χ4n) is 1.71. The largest absolute Gasteiger partial charge is 0.479 e. The van der Waals surface area contributed by atoms with Crippen LogP contribution in [0.15, 0.2) is 30.5 Å². The number of hydrogen-bond acceptors (Lipinski definition) is 4. The normalized spacial score (nSPS) is 10.2. The van der Waals surface area contributed by atoms with Gasteiger partial charge in [0.15, 0.2) is 0 Å². The Bertz CT molecular complexity index is 535. The van der Waals surface area contributed by atoms with Gasteiger partial charge in [-0.3, -0.25) is 0 Å². The van der Waals surface area contributed by atoms with Crippen molar-refractivity contribution in [2.45, 2.75) is 6.92 Å². The molecule has 0 aliphatic rings. The summed E-state index contributed by atoms with van der Waals surface area (Å²) in [5.41, 5.74) is 3.77. The number of aryl methyl sites for hydroxylation is 1. The zero-order chi connectivity index (χ0) is 13.1. The maximum Gasteiger partial charge on any atom is 0.240 e. The smallest absolute Gasteiger partial charge is 0.240 e. The van der Waals surface area contributed by atoms with Gasteiger partial charge in [0, 0.05) is 31.5 Å². The predicted molar refractivity (Wildman–Crippen MR) is 73.1 cm³/mol. The van der Waals surface area contributed by atoms with Crippen molar-refractivity contribution in [1.82, 2.24) is 9.97 Å². The highest BCUT2D eigenvalue weighted by Crippen LogP contribution is 2.27. The molecule has 0 saturated carbocycles. The second kappa shape index (κ2) is 5.04. The Morgan fingerprint density at radius 3 is 2.33 bits per heavy atom. The van der Waals surface area contributed by atoms with E-state index >= 15 is 0 Å². The van der Waals surface area contributed by atoms with Crippen LogP contribution in [0.4, 0.5) is 5.69 Å². The van der Waals surface area contributed by atoms with E-state index in [1.807, 2.05) is 33.2 Å². The average Bonchev–Trinajstić information content (AvgIpc) is 2.38. The van der Waals surface area contributed by atoms with E-state index in [0.29, 0.717) is 5.88 Å². The number of benzene rings is 1. The van der Waals surface area contributed by atoms with Gasteiger partial charge in [0.05, 0.1) is 12.8 Å². The lowest BCUT2D eigenvalue weighted by Gasteiger charge is -2.13. The molecule has 2 aromatic rings. The highest BCUT2D eigenvalue weighted by atomic mass is 16.5. The van der Waals surface area contributed by atoms with Gasteiger partial charge in [0.1, 0.15) is 5.69 Å². The van der Waals surface area contributed by atoms with Crippen LogP contribution < -0.4 is 9.64 Å². The van der Waals surface area contributed by atoms with Crippen LogP contribution in [0.2, 0.25) is 0 Å². The second-order valence-electron chi connectivity index (χ2n) is 4.31. The summed E-state index contributed by atoms with van der Waals surface area (Å²) in [4.78, 5) is 10.8. The maximum atomic E-state index is 5.27. The summed E-state index contributed by atoms with van der Waals surface area (Å²) in [6.07, 6.45) is 1.75. The SMILES string of the molecule is COc1nc(C)cnc1-c1ccc(N(C)C)cc1. The molecule has 18 heavy (non-hydrogen) atoms. The van der Waals surface area contributed by atoms with Gasteiger partial charge in [0.2, 0.25) is 5.88 Å². The summed E-state index contributed by atoms with van der Waals surface area (Å²) in [5.74, 6) is 0.563. The Kier molecular flexibility index (Phi) is 3.46. The van der Waals surface area contributed by atoms with E-state index in [4.69, 9.17) is 4.74 Å². The minimum atomic E-state index is 0.563. The molecule has 0 amide bonds. The van der Waals surface area contributed by atoms with Crippen molar-refractivity contribution in [2.24, 2.45) is 0 Å². The fourth-order valence-corrected chi connectivity index (χ4v) is 1.71. The standard InChI is InChI=1S/C14H17N3O/c1-10-9-15-13(14(16-10)18-4)11-5-7-12(8-6-11)17(2)3/h5-9H,1-4H3. The summed E-state index contributed by atoms with van der Waals surface area (Å²) in [7, 11) is 5.64. The molecule has 2 rings (SSSR count). The third-order valence-electron chi connectivity index (χ3n) is 2.71. The Balaban J connectivity index is 2.42. The predicted octanol–water partition coefficient (Wildman–Crippen LogP) is 2.53. The molecule has 0 aliphatic heterocycles. The van der Waals surface area contributed by atoms with Crippen LogP contribution >= 0.6 is 0 Å². The molecule has 0 spiro atoms. The second-order valence-corrected chi connectivity index (χ2v) is 4.31. The molecular weight excluding hydrogens is 226 g/mol. The van der Waals surface area contributed by atoms with Crippen molar-refractivity contribution >= 4 is 5.69 Å². The Hall–Kier alpha value is -2.10. The molecule has 0 fully saturated rings. The molecular formula is C14H17N3O. The minimum absolute atomic E-state index is 0.563. The number of rotatable bonds is 3. The summed E-state index contributed by atoms with van der Waals surface area (Å²) in [5, 5.41) is 0. The third-order valence-corrected chi connectivity index (χ3v) is 2.71. The van der Waals surface area contributed by atoms with Crippen molar-refractivity contribution in [2.75, 3.05) is 26.1 Å². The first-order chi connectivity index (χ1) is 8.61. The zero-order valence-corrected chi connectivity index (χ0v) is 11.1. The van der Waals surface area contributed by atoms with Gasteiger partial charge in [-0.25, -0.2) is 9.97 Å². The number of hydrogen-bond donors (Lipinski definition) is 0. The van der Waals surface area contributed by atoms with E-state index in [2.05, 4.69) is 27.0 Å². The van der Waals surface area contributed by atoms with Gasteiger partial charge in [-0.15, -0.1) is 0 Å². The lowest BCUT2D eigenvalue weighted by molar-refractivity contribution is 0.396. The summed E-state index contributed by atoms with van der Waals surface area (Å²) < 4.78 is 5.27. The van der Waals surface area contributed by atoms with Crippen LogP contribution in [0.1, 0.15) is 5.69 Å². The summed E-state index contributed by atoms with van der Waals surface area (Å²) >= 11 is 0. The van der Waals surface area contributed by atoms with E-state index < -0.39 is 0 Å². The van der Waals surface area contributed by atoms with Crippen LogP contribution in [0.25, 0.3) is 11.3 Å². The third kappa shape index (κ3) is 2.42. The summed E-state index contributed by atoms with van der Waals surface area (Å²) in [6, 6.07) is 8.15. The Labute approximate surface area is 107 Å². The molecule has 0 saturated heterocycles. The first-order valence-electron chi connectivity index (χ1n) is 5.77. The van der Waals surface area contributed by atoms with E-state index in [1.165, 1.54) is 0 Å². The van der Waals surface area contributed by atoms with Gasteiger partial charge >= 0.3 is 0 Å². The number of nitrogens with zero attached hydrogens (tertiary/aromatic N) is 3. The van der Waals surface area contributed by atoms with Gasteiger partial charge < -0.3 is 9.64 Å². The molecule has 1 aromatic carbocycles. The average molecular weight is 243 g/mol. The molecule has 1 aromatic heterocycles. The number of methoxy groups -OCH3 is 1. The lowest BCUT2D eigenvalue weighted by Crippen LogP contribution is -2.08. The van der Waals surface area contributed by atoms with Crippen molar-refractivity contribution in [3.8, 4) is 17.1 Å². The highest BCUT2D eigenvalue weighted by molar-refractivity contribution is 5.66. The topological polar surface area (TPSA) is 38.3 Å². The lowest BCUT2D eigenvalue weighted by atomic mass is 10.1. The first kappa shape index (κ1) is 12.4. The molecule has 0 radical (unpaired) electrons. The van der Waals surface area contributed by atoms with Gasteiger partial charge in [-0.2, -0.15) is 0 Å². The molecule has 0 N–H and O–H groups in total. The molecule has 94 valence electrons. The van der Waals surface area contributed by atoms with Crippen LogP contribution in [-0.2, 0) is 0 Å². The number of ether oxygens (including phenoxy) is 1. The van der Waals surface area contributed by atoms with Crippen LogP contribution in [-0.4, -0.2) is 31.2 Å². The van der Waals surface area contributed by atoms with Crippen LogP contribution in [0.5, 0.6) is 5.88 Å². The molecule has 1 heterocycles. The Morgan fingerprint density at radius 2 is 1.78 bits per heavy atom. The van der Waals surface area contributed by atoms with Gasteiger partial charge in [-0.05, 0) is 19.1 Å².